The van der Waals surface area contributed by atoms with Crippen molar-refractivity contribution in [3.05, 3.63) is 40.0 Å². The molecule has 0 saturated heterocycles. The Balaban J connectivity index is 2.06. The lowest BCUT2D eigenvalue weighted by Gasteiger charge is -1.97. The Hall–Kier alpha value is -3.03. The zero-order valence-corrected chi connectivity index (χ0v) is 11.3. The lowest BCUT2D eigenvalue weighted by atomic mass is 10.2. The third-order valence-corrected chi connectivity index (χ3v) is 3.17. The SMILES string of the molecule is Cc1ccc2nc3nc(-c4noc(C)n4)c(=O)[nH]n3c2c1. The Morgan fingerprint density at radius 2 is 2.05 bits per heavy atom. The fourth-order valence-corrected chi connectivity index (χ4v) is 2.21. The average molecular weight is 282 g/mol. The summed E-state index contributed by atoms with van der Waals surface area (Å²) >= 11 is 0. The number of nitrogens with zero attached hydrogens (tertiary/aromatic N) is 5. The maximum Gasteiger partial charge on any atom is 0.293 e. The summed E-state index contributed by atoms with van der Waals surface area (Å²) in [5.41, 5.74) is 2.31. The minimum atomic E-state index is -0.399. The van der Waals surface area contributed by atoms with Crippen LogP contribution in [-0.4, -0.2) is 29.7 Å². The fourth-order valence-electron chi connectivity index (χ4n) is 2.21. The van der Waals surface area contributed by atoms with Gasteiger partial charge in [0.1, 0.15) is 0 Å². The van der Waals surface area contributed by atoms with Gasteiger partial charge in [0.25, 0.3) is 11.3 Å². The summed E-state index contributed by atoms with van der Waals surface area (Å²) in [5.74, 6) is 0.905. The zero-order valence-electron chi connectivity index (χ0n) is 11.3. The van der Waals surface area contributed by atoms with Crippen LogP contribution in [0.1, 0.15) is 11.5 Å². The number of imidazole rings is 1. The van der Waals surface area contributed by atoms with Gasteiger partial charge in [-0.15, -0.1) is 0 Å². The Labute approximate surface area is 117 Å². The van der Waals surface area contributed by atoms with E-state index in [4.69, 9.17) is 4.52 Å². The smallest absolute Gasteiger partial charge is 0.293 e. The second kappa shape index (κ2) is 3.98. The molecule has 0 amide bonds. The summed E-state index contributed by atoms with van der Waals surface area (Å²) in [5, 5.41) is 6.45. The molecule has 0 unspecified atom stereocenters. The van der Waals surface area contributed by atoms with E-state index in [-0.39, 0.29) is 11.5 Å². The maximum absolute atomic E-state index is 12.2. The van der Waals surface area contributed by atoms with Crippen molar-refractivity contribution in [3.63, 3.8) is 0 Å². The average Bonchev–Trinajstić information content (AvgIpc) is 3.02. The molecule has 0 aliphatic rings. The topological polar surface area (TPSA) is 102 Å². The van der Waals surface area contributed by atoms with Crippen molar-refractivity contribution in [2.75, 3.05) is 0 Å². The minimum Gasteiger partial charge on any atom is -0.339 e. The van der Waals surface area contributed by atoms with Crippen molar-refractivity contribution < 1.29 is 4.52 Å². The third kappa shape index (κ3) is 1.72. The van der Waals surface area contributed by atoms with Crippen LogP contribution in [0.15, 0.2) is 27.5 Å². The van der Waals surface area contributed by atoms with Crippen molar-refractivity contribution in [1.82, 2.24) is 29.7 Å². The standard InChI is InChI=1S/C13H10N6O2/c1-6-3-4-8-9(5-6)19-13(15-8)16-10(12(20)17-19)11-14-7(2)21-18-11/h3-5H,1-2H3,(H,17,20). The molecule has 0 bridgehead atoms. The number of hydrogen-bond donors (Lipinski definition) is 1. The summed E-state index contributed by atoms with van der Waals surface area (Å²) < 4.78 is 6.44. The molecule has 3 aromatic heterocycles. The quantitative estimate of drug-likeness (QED) is 0.563. The van der Waals surface area contributed by atoms with E-state index in [9.17, 15) is 4.79 Å². The van der Waals surface area contributed by atoms with Gasteiger partial charge in [-0.05, 0) is 24.6 Å². The molecule has 8 heteroatoms. The van der Waals surface area contributed by atoms with E-state index >= 15 is 0 Å². The minimum absolute atomic E-state index is 0.0892. The molecule has 21 heavy (non-hydrogen) atoms. The highest BCUT2D eigenvalue weighted by Crippen LogP contribution is 2.16. The third-order valence-electron chi connectivity index (χ3n) is 3.17. The number of hydrogen-bond acceptors (Lipinski definition) is 6. The van der Waals surface area contributed by atoms with E-state index in [0.29, 0.717) is 11.7 Å². The molecule has 0 saturated carbocycles. The lowest BCUT2D eigenvalue weighted by Crippen LogP contribution is -2.16. The van der Waals surface area contributed by atoms with Gasteiger partial charge in [0, 0.05) is 6.92 Å². The highest BCUT2D eigenvalue weighted by atomic mass is 16.5. The molecule has 0 aliphatic carbocycles. The van der Waals surface area contributed by atoms with Crippen LogP contribution in [-0.2, 0) is 0 Å². The van der Waals surface area contributed by atoms with Gasteiger partial charge >= 0.3 is 0 Å². The largest absolute Gasteiger partial charge is 0.339 e. The van der Waals surface area contributed by atoms with Crippen LogP contribution in [0.2, 0.25) is 0 Å². The van der Waals surface area contributed by atoms with Crippen molar-refractivity contribution >= 4 is 16.8 Å². The monoisotopic (exact) mass is 282 g/mol. The van der Waals surface area contributed by atoms with Crippen LogP contribution in [0.25, 0.3) is 28.3 Å². The molecule has 0 atom stereocenters. The summed E-state index contributed by atoms with van der Waals surface area (Å²) in [4.78, 5) is 24.8. The number of rotatable bonds is 1. The molecule has 0 spiro atoms. The van der Waals surface area contributed by atoms with E-state index in [1.165, 1.54) is 0 Å². The van der Waals surface area contributed by atoms with Crippen molar-refractivity contribution in [3.8, 4) is 11.5 Å². The molecule has 3 heterocycles. The van der Waals surface area contributed by atoms with Crippen LogP contribution in [0, 0.1) is 13.8 Å². The number of fused-ring (bicyclic) bond motifs is 3. The molecular weight excluding hydrogens is 272 g/mol. The molecule has 1 N–H and O–H groups in total. The predicted molar refractivity (Wildman–Crippen MR) is 73.9 cm³/mol. The molecule has 0 aliphatic heterocycles. The Kier molecular flexibility index (Phi) is 2.23. The van der Waals surface area contributed by atoms with Gasteiger partial charge in [-0.25, -0.2) is 14.5 Å². The molecule has 0 radical (unpaired) electrons. The molecular formula is C13H10N6O2. The number of aryl methyl sites for hydroxylation is 2. The first-order chi connectivity index (χ1) is 10.1. The summed E-state index contributed by atoms with van der Waals surface area (Å²) in [6.07, 6.45) is 0. The first-order valence-corrected chi connectivity index (χ1v) is 6.31. The fraction of sp³-hybridized carbons (Fsp3) is 0.154. The van der Waals surface area contributed by atoms with Crippen LogP contribution in [0.5, 0.6) is 0 Å². The Morgan fingerprint density at radius 3 is 2.81 bits per heavy atom. The molecule has 4 aromatic rings. The van der Waals surface area contributed by atoms with Gasteiger partial charge in [0.05, 0.1) is 11.0 Å². The van der Waals surface area contributed by atoms with Gasteiger partial charge < -0.3 is 4.52 Å². The van der Waals surface area contributed by atoms with Crippen LogP contribution in [0.3, 0.4) is 0 Å². The molecule has 104 valence electrons. The number of benzene rings is 1. The molecule has 8 nitrogen and oxygen atoms in total. The number of aromatic amines is 1. The van der Waals surface area contributed by atoms with Crippen LogP contribution >= 0.6 is 0 Å². The first kappa shape index (κ1) is 11.8. The van der Waals surface area contributed by atoms with E-state index in [0.717, 1.165) is 16.6 Å². The van der Waals surface area contributed by atoms with Crippen molar-refractivity contribution in [2.24, 2.45) is 0 Å². The van der Waals surface area contributed by atoms with E-state index in [1.54, 1.807) is 11.4 Å². The molecule has 0 fully saturated rings. The summed E-state index contributed by atoms with van der Waals surface area (Å²) in [6, 6.07) is 5.78. The van der Waals surface area contributed by atoms with Crippen LogP contribution < -0.4 is 5.56 Å². The van der Waals surface area contributed by atoms with Gasteiger partial charge in [-0.3, -0.25) is 9.89 Å². The second-order valence-corrected chi connectivity index (χ2v) is 4.78. The zero-order chi connectivity index (χ0) is 14.6. The molecule has 4 rings (SSSR count). The lowest BCUT2D eigenvalue weighted by molar-refractivity contribution is 0.394. The first-order valence-electron chi connectivity index (χ1n) is 6.31. The Morgan fingerprint density at radius 1 is 1.19 bits per heavy atom. The maximum atomic E-state index is 12.2. The van der Waals surface area contributed by atoms with Crippen molar-refractivity contribution in [1.29, 1.82) is 0 Å². The predicted octanol–water partition coefficient (Wildman–Crippen LogP) is 1.24. The van der Waals surface area contributed by atoms with E-state index in [2.05, 4.69) is 25.2 Å². The van der Waals surface area contributed by atoms with E-state index < -0.39 is 5.56 Å². The van der Waals surface area contributed by atoms with Gasteiger partial charge in [-0.1, -0.05) is 11.2 Å². The number of nitrogens with one attached hydrogen (secondary N) is 1. The number of H-pyrrole nitrogens is 1. The van der Waals surface area contributed by atoms with Gasteiger partial charge in [0.2, 0.25) is 11.7 Å². The van der Waals surface area contributed by atoms with E-state index in [1.807, 2.05) is 25.1 Å². The highest BCUT2D eigenvalue weighted by Gasteiger charge is 2.15. The second-order valence-electron chi connectivity index (χ2n) is 4.78. The van der Waals surface area contributed by atoms with Crippen LogP contribution in [0.4, 0.5) is 0 Å². The van der Waals surface area contributed by atoms with Gasteiger partial charge in [0.15, 0.2) is 5.69 Å². The summed E-state index contributed by atoms with van der Waals surface area (Å²) in [7, 11) is 0. The molecule has 1 aromatic carbocycles. The Bertz CT molecular complexity index is 1040. The highest BCUT2D eigenvalue weighted by molar-refractivity contribution is 5.79. The summed E-state index contributed by atoms with van der Waals surface area (Å²) in [6.45, 7) is 3.62. The number of aromatic nitrogens is 6. The van der Waals surface area contributed by atoms with Crippen molar-refractivity contribution in [2.45, 2.75) is 13.8 Å². The van der Waals surface area contributed by atoms with Gasteiger partial charge in [-0.2, -0.15) is 4.98 Å². The normalized spacial score (nSPS) is 11.5.